The molecule has 1 aliphatic rings. The van der Waals surface area contributed by atoms with Gasteiger partial charge in [0, 0.05) is 0 Å². The molecule has 0 fully saturated rings. The first-order valence-electron chi connectivity index (χ1n) is 3.99. The van der Waals surface area contributed by atoms with Crippen LogP contribution in [-0.2, 0) is 9.53 Å². The number of hydrogen-bond acceptors (Lipinski definition) is 2. The fourth-order valence-corrected chi connectivity index (χ4v) is 1.10. The first-order valence-corrected chi connectivity index (χ1v) is 3.99. The van der Waals surface area contributed by atoms with Crippen molar-refractivity contribution in [3.05, 3.63) is 18.6 Å². The minimum Gasteiger partial charge on any atom is -0.458 e. The highest BCUT2D eigenvalue weighted by Gasteiger charge is 2.11. The van der Waals surface area contributed by atoms with Crippen LogP contribution in [0.5, 0.6) is 0 Å². The van der Waals surface area contributed by atoms with Crippen molar-refractivity contribution in [2.45, 2.75) is 32.3 Å². The predicted octanol–water partition coefficient (Wildman–Crippen LogP) is 1.86. The van der Waals surface area contributed by atoms with E-state index in [0.29, 0.717) is 0 Å². The minimum absolute atomic E-state index is 0.0208. The van der Waals surface area contributed by atoms with Crippen molar-refractivity contribution in [1.29, 1.82) is 0 Å². The predicted molar refractivity (Wildman–Crippen MR) is 42.8 cm³/mol. The maximum atomic E-state index is 10.8. The Bertz CT molecular complexity index is 161. The zero-order chi connectivity index (χ0) is 8.10. The van der Waals surface area contributed by atoms with Crippen molar-refractivity contribution in [2.24, 2.45) is 0 Å². The van der Waals surface area contributed by atoms with Crippen LogP contribution in [0.25, 0.3) is 0 Å². The lowest BCUT2D eigenvalue weighted by Crippen LogP contribution is -2.17. The van der Waals surface area contributed by atoms with Crippen LogP contribution < -0.4 is 0 Å². The third-order valence-electron chi connectivity index (χ3n) is 1.71. The van der Waals surface area contributed by atoms with Crippen LogP contribution in [0.3, 0.4) is 0 Å². The van der Waals surface area contributed by atoms with Crippen LogP contribution >= 0.6 is 0 Å². The van der Waals surface area contributed by atoms with E-state index in [4.69, 9.17) is 4.74 Å². The highest BCUT2D eigenvalue weighted by molar-refractivity contribution is 5.78. The molecule has 1 radical (unpaired) electrons. The molecule has 0 aromatic heterocycles. The molecule has 0 amide bonds. The topological polar surface area (TPSA) is 26.3 Å². The van der Waals surface area contributed by atoms with Gasteiger partial charge >= 0.3 is 5.97 Å². The molecule has 1 rings (SSSR count). The van der Waals surface area contributed by atoms with E-state index >= 15 is 0 Å². The normalized spacial score (nSPS) is 23.2. The summed E-state index contributed by atoms with van der Waals surface area (Å²) < 4.78 is 5.06. The van der Waals surface area contributed by atoms with E-state index in [1.807, 2.05) is 6.08 Å². The molecule has 2 nitrogen and oxygen atoms in total. The summed E-state index contributed by atoms with van der Waals surface area (Å²) in [5.41, 5.74) is 0. The fraction of sp³-hybridized carbons (Fsp3) is 0.556. The molecule has 11 heavy (non-hydrogen) atoms. The van der Waals surface area contributed by atoms with Gasteiger partial charge in [-0.3, -0.25) is 4.79 Å². The molecule has 0 heterocycles. The van der Waals surface area contributed by atoms with Gasteiger partial charge in [0.2, 0.25) is 0 Å². The monoisotopic (exact) mass is 153 g/mol. The van der Waals surface area contributed by atoms with Crippen molar-refractivity contribution in [1.82, 2.24) is 0 Å². The second kappa shape index (κ2) is 4.16. The molecule has 0 bridgehead atoms. The van der Waals surface area contributed by atoms with E-state index in [1.54, 1.807) is 6.92 Å². The highest BCUT2D eigenvalue weighted by atomic mass is 16.5. The van der Waals surface area contributed by atoms with Crippen LogP contribution in [-0.4, -0.2) is 12.1 Å². The second-order valence-electron chi connectivity index (χ2n) is 2.62. The molecule has 0 saturated carbocycles. The summed E-state index contributed by atoms with van der Waals surface area (Å²) in [6.07, 6.45) is 8.70. The van der Waals surface area contributed by atoms with Gasteiger partial charge in [0.15, 0.2) is 0 Å². The van der Waals surface area contributed by atoms with Crippen LogP contribution in [0.1, 0.15) is 26.2 Å². The summed E-state index contributed by atoms with van der Waals surface area (Å²) in [6, 6.07) is 0. The largest absolute Gasteiger partial charge is 0.458 e. The van der Waals surface area contributed by atoms with Crippen LogP contribution in [0, 0.1) is 6.42 Å². The van der Waals surface area contributed by atoms with Gasteiger partial charge < -0.3 is 4.74 Å². The van der Waals surface area contributed by atoms with Crippen molar-refractivity contribution in [2.75, 3.05) is 0 Å². The Hall–Kier alpha value is -0.790. The molecule has 0 aliphatic heterocycles. The molecule has 0 aromatic rings. The average Bonchev–Trinajstić information content (AvgIpc) is 2.06. The van der Waals surface area contributed by atoms with E-state index in [1.165, 1.54) is 6.42 Å². The molecule has 0 N–H and O–H groups in total. The maximum absolute atomic E-state index is 10.8. The molecular weight excluding hydrogens is 140 g/mol. The van der Waals surface area contributed by atoms with E-state index in [9.17, 15) is 4.79 Å². The lowest BCUT2D eigenvalue weighted by molar-refractivity contribution is -0.142. The first-order chi connectivity index (χ1) is 5.33. The molecule has 61 valence electrons. The van der Waals surface area contributed by atoms with Crippen molar-refractivity contribution in [3.8, 4) is 0 Å². The smallest absolute Gasteiger partial charge is 0.310 e. The first kappa shape index (κ1) is 8.31. The van der Waals surface area contributed by atoms with Crippen molar-refractivity contribution >= 4 is 5.97 Å². The van der Waals surface area contributed by atoms with Crippen LogP contribution in [0.4, 0.5) is 0 Å². The number of ether oxygens (including phenoxy) is 1. The third kappa shape index (κ3) is 2.74. The Morgan fingerprint density at radius 3 is 3.09 bits per heavy atom. The standard InChI is InChI=1S/C9H13O2/c1-2-9(10)11-8-6-4-3-5-7-8/h2,4,6,8H,3,5,7H2,1H3. The molecular formula is C9H13O2. The maximum Gasteiger partial charge on any atom is 0.310 e. The van der Waals surface area contributed by atoms with Gasteiger partial charge in [0.25, 0.3) is 0 Å². The van der Waals surface area contributed by atoms with Gasteiger partial charge in [0.05, 0.1) is 6.42 Å². The molecule has 0 spiro atoms. The molecule has 2 heteroatoms. The zero-order valence-corrected chi connectivity index (χ0v) is 6.75. The molecule has 1 atom stereocenters. The van der Waals surface area contributed by atoms with E-state index < -0.39 is 0 Å². The van der Waals surface area contributed by atoms with Crippen molar-refractivity contribution in [3.63, 3.8) is 0 Å². The fourth-order valence-electron chi connectivity index (χ4n) is 1.10. The zero-order valence-electron chi connectivity index (χ0n) is 6.75. The summed E-state index contributed by atoms with van der Waals surface area (Å²) in [5, 5.41) is 0. The van der Waals surface area contributed by atoms with E-state index in [2.05, 4.69) is 6.08 Å². The summed E-state index contributed by atoms with van der Waals surface area (Å²) >= 11 is 0. The SMILES string of the molecule is C[CH]C(=O)OC1C=CCCC1. The summed E-state index contributed by atoms with van der Waals surface area (Å²) in [5.74, 6) is -0.221. The Labute approximate surface area is 67.2 Å². The number of esters is 1. The van der Waals surface area contributed by atoms with Crippen LogP contribution in [0.2, 0.25) is 0 Å². The number of carbonyl (C=O) groups excluding carboxylic acids is 1. The number of allylic oxidation sites excluding steroid dienone is 1. The Kier molecular flexibility index (Phi) is 3.14. The third-order valence-corrected chi connectivity index (χ3v) is 1.71. The van der Waals surface area contributed by atoms with Crippen molar-refractivity contribution < 1.29 is 9.53 Å². The van der Waals surface area contributed by atoms with Gasteiger partial charge in [-0.2, -0.15) is 0 Å². The van der Waals surface area contributed by atoms with Gasteiger partial charge in [-0.25, -0.2) is 0 Å². The van der Waals surface area contributed by atoms with Crippen LogP contribution in [0.15, 0.2) is 12.2 Å². The Morgan fingerprint density at radius 1 is 1.73 bits per heavy atom. The quantitative estimate of drug-likeness (QED) is 0.447. The second-order valence-corrected chi connectivity index (χ2v) is 2.62. The Morgan fingerprint density at radius 2 is 2.55 bits per heavy atom. The number of rotatable bonds is 2. The number of carbonyl (C=O) groups is 1. The van der Waals surface area contributed by atoms with Gasteiger partial charge in [-0.15, -0.1) is 0 Å². The van der Waals surface area contributed by atoms with Gasteiger partial charge in [-0.1, -0.05) is 13.0 Å². The molecule has 1 unspecified atom stereocenters. The summed E-state index contributed by atoms with van der Waals surface area (Å²) in [6.45, 7) is 1.69. The molecule has 0 aromatic carbocycles. The van der Waals surface area contributed by atoms with E-state index in [0.717, 1.165) is 19.3 Å². The van der Waals surface area contributed by atoms with Gasteiger partial charge in [0.1, 0.15) is 6.10 Å². The summed E-state index contributed by atoms with van der Waals surface area (Å²) in [7, 11) is 0. The lowest BCUT2D eigenvalue weighted by atomic mass is 10.1. The molecule has 1 aliphatic carbocycles. The molecule has 0 saturated heterocycles. The van der Waals surface area contributed by atoms with Gasteiger partial charge in [-0.05, 0) is 25.3 Å². The minimum atomic E-state index is -0.221. The lowest BCUT2D eigenvalue weighted by Gasteiger charge is -2.16. The number of hydrogen-bond donors (Lipinski definition) is 0. The average molecular weight is 153 g/mol. The van der Waals surface area contributed by atoms with E-state index in [-0.39, 0.29) is 12.1 Å². The summed E-state index contributed by atoms with van der Waals surface area (Å²) in [4.78, 5) is 10.8. The highest BCUT2D eigenvalue weighted by Crippen LogP contribution is 2.13. The Balaban J connectivity index is 2.30.